The van der Waals surface area contributed by atoms with Crippen LogP contribution in [0.25, 0.3) is 0 Å². The molecule has 0 aromatic rings. The smallest absolute Gasteiger partial charge is 0.356 e. The zero-order valence-corrected chi connectivity index (χ0v) is 7.44. The molecule has 0 spiro atoms. The fourth-order valence-electron chi connectivity index (χ4n) is 0.508. The third kappa shape index (κ3) is 3.42. The molecule has 0 heterocycles. The molecule has 5 nitrogen and oxygen atoms in total. The lowest BCUT2D eigenvalue weighted by atomic mass is 10.3. The fourth-order valence-corrected chi connectivity index (χ4v) is 0.508. The van der Waals surface area contributed by atoms with Crippen LogP contribution in [-0.4, -0.2) is 30.0 Å². The minimum Gasteiger partial charge on any atom is -0.509 e. The summed E-state index contributed by atoms with van der Waals surface area (Å²) in [5.41, 5.74) is -0.173. The number of aliphatic hydroxyl groups excluding tert-OH is 2. The summed E-state index contributed by atoms with van der Waals surface area (Å²) in [6.07, 6.45) is 0.966. The first-order valence-corrected chi connectivity index (χ1v) is 3.38. The topological polar surface area (TPSA) is 79.1 Å². The Kier molecular flexibility index (Phi) is 4.29. The maximum atomic E-state index is 10.9. The average molecular weight is 185 g/mol. The lowest BCUT2D eigenvalue weighted by Gasteiger charge is -1.98. The van der Waals surface area contributed by atoms with Gasteiger partial charge in [0.2, 0.25) is 0 Å². The minimum atomic E-state index is -0.734. The molecule has 0 fully saturated rings. The number of esters is 1. The third-order valence-electron chi connectivity index (χ3n) is 1.21. The molecular weight excluding hydrogens is 174 g/mol. The second kappa shape index (κ2) is 4.97. The molecule has 5 heteroatoms. The summed E-state index contributed by atoms with van der Waals surface area (Å²) in [4.78, 5) is 14.2. The molecule has 0 aliphatic carbocycles. The van der Waals surface area contributed by atoms with Crippen molar-refractivity contribution in [3.63, 3.8) is 0 Å². The zero-order valence-electron chi connectivity index (χ0n) is 7.44. The maximum Gasteiger partial charge on any atom is 0.356 e. The van der Waals surface area contributed by atoms with E-state index >= 15 is 0 Å². The van der Waals surface area contributed by atoms with Gasteiger partial charge < -0.3 is 14.9 Å². The molecule has 0 saturated heterocycles. The van der Waals surface area contributed by atoms with Gasteiger partial charge in [-0.2, -0.15) is 0 Å². The first kappa shape index (κ1) is 11.2. The summed E-state index contributed by atoms with van der Waals surface area (Å²) in [6, 6.07) is 0. The van der Waals surface area contributed by atoms with Crippen molar-refractivity contribution in [2.45, 2.75) is 6.92 Å². The van der Waals surface area contributed by atoms with Crippen LogP contribution >= 0.6 is 0 Å². The van der Waals surface area contributed by atoms with Crippen LogP contribution in [0.3, 0.4) is 0 Å². The predicted molar refractivity (Wildman–Crippen MR) is 47.6 cm³/mol. The van der Waals surface area contributed by atoms with Crippen LogP contribution in [0.4, 0.5) is 0 Å². The number of methoxy groups -OCH3 is 1. The van der Waals surface area contributed by atoms with Crippen molar-refractivity contribution >= 4 is 12.7 Å². The summed E-state index contributed by atoms with van der Waals surface area (Å²) in [7, 11) is 1.17. The number of ether oxygens (including phenoxy) is 1. The van der Waals surface area contributed by atoms with Gasteiger partial charge in [0.15, 0.2) is 11.5 Å². The highest BCUT2D eigenvalue weighted by molar-refractivity contribution is 5.89. The monoisotopic (exact) mass is 185 g/mol. The number of carbonyl (C=O) groups is 1. The largest absolute Gasteiger partial charge is 0.509 e. The van der Waals surface area contributed by atoms with Crippen molar-refractivity contribution in [3.05, 3.63) is 23.3 Å². The van der Waals surface area contributed by atoms with E-state index in [4.69, 9.17) is 10.2 Å². The SMILES string of the molecule is C=N/C(=C\C(O)=C(/C)O)C(=O)OC. The summed E-state index contributed by atoms with van der Waals surface area (Å²) in [6.45, 7) is 4.38. The van der Waals surface area contributed by atoms with Crippen LogP contribution in [0, 0.1) is 0 Å². The van der Waals surface area contributed by atoms with Crippen molar-refractivity contribution in [3.8, 4) is 0 Å². The first-order chi connectivity index (χ1) is 6.02. The van der Waals surface area contributed by atoms with Gasteiger partial charge >= 0.3 is 5.97 Å². The molecular formula is C8H11NO4. The van der Waals surface area contributed by atoms with Crippen LogP contribution in [0.5, 0.6) is 0 Å². The van der Waals surface area contributed by atoms with E-state index in [1.165, 1.54) is 14.0 Å². The first-order valence-electron chi connectivity index (χ1n) is 3.38. The van der Waals surface area contributed by atoms with E-state index in [9.17, 15) is 4.79 Å². The number of aliphatic imine (C=N–C) groups is 1. The predicted octanol–water partition coefficient (Wildman–Crippen LogP) is 1.09. The zero-order chi connectivity index (χ0) is 10.4. The highest BCUT2D eigenvalue weighted by atomic mass is 16.5. The van der Waals surface area contributed by atoms with Crippen molar-refractivity contribution in [2.75, 3.05) is 7.11 Å². The van der Waals surface area contributed by atoms with Gasteiger partial charge in [0.25, 0.3) is 0 Å². The van der Waals surface area contributed by atoms with E-state index in [2.05, 4.69) is 16.4 Å². The van der Waals surface area contributed by atoms with Crippen molar-refractivity contribution in [2.24, 2.45) is 4.99 Å². The average Bonchev–Trinajstić information content (AvgIpc) is 2.12. The standard InChI is InChI=1S/C8H11NO4/c1-5(10)7(11)4-6(9-2)8(12)13-3/h4,10-11H,2H2,1,3H3/b6-4-,7-5-. The summed E-state index contributed by atoms with van der Waals surface area (Å²) < 4.78 is 4.33. The number of carbonyl (C=O) groups excluding carboxylic acids is 1. The van der Waals surface area contributed by atoms with Crippen molar-refractivity contribution < 1.29 is 19.7 Å². The summed E-state index contributed by atoms with van der Waals surface area (Å²) in [5.74, 6) is -1.50. The second-order valence-electron chi connectivity index (χ2n) is 2.15. The molecule has 0 aromatic carbocycles. The number of allylic oxidation sites excluding steroid dienone is 2. The molecule has 0 unspecified atom stereocenters. The van der Waals surface area contributed by atoms with E-state index < -0.39 is 11.7 Å². The Hall–Kier alpha value is -1.78. The molecule has 0 amide bonds. The number of nitrogens with zero attached hydrogens (tertiary/aromatic N) is 1. The third-order valence-corrected chi connectivity index (χ3v) is 1.21. The Labute approximate surface area is 75.7 Å². The van der Waals surface area contributed by atoms with Crippen LogP contribution in [0.2, 0.25) is 0 Å². The highest BCUT2D eigenvalue weighted by Gasteiger charge is 2.08. The molecule has 0 aromatic heterocycles. The molecule has 0 atom stereocenters. The summed E-state index contributed by atoms with van der Waals surface area (Å²) >= 11 is 0. The van der Waals surface area contributed by atoms with E-state index in [1.807, 2.05) is 0 Å². The van der Waals surface area contributed by atoms with Gasteiger partial charge in [-0.05, 0) is 13.6 Å². The van der Waals surface area contributed by atoms with Crippen molar-refractivity contribution in [1.29, 1.82) is 0 Å². The Bertz CT molecular complexity index is 274. The van der Waals surface area contributed by atoms with E-state index in [0.29, 0.717) is 0 Å². The Morgan fingerprint density at radius 2 is 2.08 bits per heavy atom. The van der Waals surface area contributed by atoms with Gasteiger partial charge in [0, 0.05) is 6.08 Å². The van der Waals surface area contributed by atoms with Gasteiger partial charge in [-0.25, -0.2) is 4.79 Å². The number of hydrogen-bond acceptors (Lipinski definition) is 5. The number of rotatable bonds is 3. The van der Waals surface area contributed by atoms with Gasteiger partial charge in [0.05, 0.1) is 7.11 Å². The maximum absolute atomic E-state index is 10.9. The van der Waals surface area contributed by atoms with Gasteiger partial charge in [-0.3, -0.25) is 4.99 Å². The van der Waals surface area contributed by atoms with E-state index in [1.54, 1.807) is 0 Å². The fraction of sp³-hybridized carbons (Fsp3) is 0.250. The minimum absolute atomic E-state index is 0.173. The number of aliphatic hydroxyl groups is 2. The second-order valence-corrected chi connectivity index (χ2v) is 2.15. The summed E-state index contributed by atoms with van der Waals surface area (Å²) in [5, 5.41) is 17.8. The molecule has 0 aliphatic heterocycles. The lowest BCUT2D eigenvalue weighted by molar-refractivity contribution is -0.136. The van der Waals surface area contributed by atoms with E-state index in [-0.39, 0.29) is 11.5 Å². The highest BCUT2D eigenvalue weighted by Crippen LogP contribution is 2.05. The molecule has 0 radical (unpaired) electrons. The quantitative estimate of drug-likeness (QED) is 0.227. The Morgan fingerprint density at radius 3 is 2.38 bits per heavy atom. The molecule has 0 saturated carbocycles. The van der Waals surface area contributed by atoms with Gasteiger partial charge in [-0.15, -0.1) is 0 Å². The molecule has 2 N–H and O–H groups in total. The van der Waals surface area contributed by atoms with Crippen molar-refractivity contribution in [1.82, 2.24) is 0 Å². The molecule has 0 rings (SSSR count). The Morgan fingerprint density at radius 1 is 1.54 bits per heavy atom. The van der Waals surface area contributed by atoms with Crippen LogP contribution in [0.15, 0.2) is 28.3 Å². The van der Waals surface area contributed by atoms with Crippen LogP contribution in [-0.2, 0) is 9.53 Å². The number of hydrogen-bond donors (Lipinski definition) is 2. The van der Waals surface area contributed by atoms with Crippen LogP contribution in [0.1, 0.15) is 6.92 Å². The molecule has 72 valence electrons. The van der Waals surface area contributed by atoms with Gasteiger partial charge in [-0.1, -0.05) is 0 Å². The molecule has 0 aliphatic rings. The lowest BCUT2D eigenvalue weighted by Crippen LogP contribution is -2.03. The van der Waals surface area contributed by atoms with E-state index in [0.717, 1.165) is 6.08 Å². The van der Waals surface area contributed by atoms with Gasteiger partial charge in [0.1, 0.15) is 5.76 Å². The molecule has 13 heavy (non-hydrogen) atoms. The Balaban J connectivity index is 4.88. The molecule has 0 bridgehead atoms. The van der Waals surface area contributed by atoms with Crippen LogP contribution < -0.4 is 0 Å². The normalized spacial score (nSPS) is 13.2.